The van der Waals surface area contributed by atoms with Gasteiger partial charge in [-0.1, -0.05) is 0 Å². The number of thiazole rings is 1. The molecule has 0 atom stereocenters. The van der Waals surface area contributed by atoms with Crippen LogP contribution < -0.4 is 5.73 Å². The Balaban J connectivity index is 2.48. The van der Waals surface area contributed by atoms with Crippen molar-refractivity contribution in [1.29, 1.82) is 0 Å². The molecule has 0 saturated heterocycles. The van der Waals surface area contributed by atoms with Crippen LogP contribution in [0.15, 0.2) is 24.0 Å². The van der Waals surface area contributed by atoms with E-state index in [2.05, 4.69) is 15.0 Å². The van der Waals surface area contributed by atoms with Crippen LogP contribution in [0.3, 0.4) is 0 Å². The molecule has 0 saturated carbocycles. The lowest BCUT2D eigenvalue weighted by molar-refractivity contribution is 1.19. The van der Waals surface area contributed by atoms with E-state index in [4.69, 9.17) is 5.73 Å². The lowest BCUT2D eigenvalue weighted by atomic mass is 10.4. The van der Waals surface area contributed by atoms with Crippen LogP contribution in [0, 0.1) is 0 Å². The van der Waals surface area contributed by atoms with Crippen LogP contribution in [0.5, 0.6) is 0 Å². The fourth-order valence-electron chi connectivity index (χ4n) is 0.853. The molecule has 0 amide bonds. The van der Waals surface area contributed by atoms with Crippen LogP contribution >= 0.6 is 11.3 Å². The van der Waals surface area contributed by atoms with Crippen LogP contribution in [0.1, 0.15) is 0 Å². The number of aromatic nitrogens is 3. The van der Waals surface area contributed by atoms with Gasteiger partial charge in [-0.2, -0.15) is 0 Å². The van der Waals surface area contributed by atoms with Crippen molar-refractivity contribution in [3.8, 4) is 10.6 Å². The third-order valence-electron chi connectivity index (χ3n) is 1.36. The summed E-state index contributed by atoms with van der Waals surface area (Å²) in [5.41, 5.74) is 8.01. The first-order valence-electron chi connectivity index (χ1n) is 3.33. The van der Waals surface area contributed by atoms with Crippen LogP contribution in [-0.4, -0.2) is 15.0 Å². The molecular formula is C7H6N4S. The highest BCUT2D eigenvalue weighted by atomic mass is 32.1. The summed E-state index contributed by atoms with van der Waals surface area (Å²) in [6.45, 7) is 0. The molecular weight excluding hydrogens is 172 g/mol. The van der Waals surface area contributed by atoms with E-state index >= 15 is 0 Å². The Bertz CT molecular complexity index is 371. The van der Waals surface area contributed by atoms with Crippen LogP contribution in [0.4, 0.5) is 5.95 Å². The zero-order chi connectivity index (χ0) is 8.39. The van der Waals surface area contributed by atoms with Crippen LogP contribution in [0.25, 0.3) is 10.6 Å². The molecule has 2 heterocycles. The summed E-state index contributed by atoms with van der Waals surface area (Å²) in [5, 5.41) is 0. The highest BCUT2D eigenvalue weighted by Crippen LogP contribution is 2.20. The lowest BCUT2D eigenvalue weighted by Gasteiger charge is -1.94. The monoisotopic (exact) mass is 178 g/mol. The van der Waals surface area contributed by atoms with Gasteiger partial charge in [0, 0.05) is 12.4 Å². The van der Waals surface area contributed by atoms with E-state index in [0.29, 0.717) is 5.95 Å². The van der Waals surface area contributed by atoms with Gasteiger partial charge < -0.3 is 5.73 Å². The van der Waals surface area contributed by atoms with Gasteiger partial charge in [-0.3, -0.25) is 4.98 Å². The third kappa shape index (κ3) is 1.26. The zero-order valence-electron chi connectivity index (χ0n) is 6.14. The predicted octanol–water partition coefficient (Wildman–Crippen LogP) is 1.18. The normalized spacial score (nSPS) is 10.0. The molecule has 0 unspecified atom stereocenters. The fraction of sp³-hybridized carbons (Fsp3) is 0. The van der Waals surface area contributed by atoms with Gasteiger partial charge in [0.1, 0.15) is 0 Å². The van der Waals surface area contributed by atoms with E-state index in [-0.39, 0.29) is 0 Å². The number of nitrogen functional groups attached to an aromatic ring is 1. The van der Waals surface area contributed by atoms with Crippen molar-refractivity contribution in [1.82, 2.24) is 15.0 Å². The van der Waals surface area contributed by atoms with Crippen molar-refractivity contribution in [3.05, 3.63) is 24.0 Å². The maximum atomic E-state index is 5.43. The number of anilines is 1. The zero-order valence-corrected chi connectivity index (χ0v) is 6.95. The van der Waals surface area contributed by atoms with E-state index in [1.54, 1.807) is 17.9 Å². The van der Waals surface area contributed by atoms with Gasteiger partial charge in [0.05, 0.1) is 16.1 Å². The Labute approximate surface area is 73.1 Å². The van der Waals surface area contributed by atoms with Gasteiger partial charge in [0.15, 0.2) is 0 Å². The minimum Gasteiger partial charge on any atom is -0.368 e. The van der Waals surface area contributed by atoms with E-state index in [9.17, 15) is 0 Å². The van der Waals surface area contributed by atoms with Crippen molar-refractivity contribution in [3.63, 3.8) is 0 Å². The molecule has 4 nitrogen and oxygen atoms in total. The highest BCUT2D eigenvalue weighted by Gasteiger charge is 2.00. The molecule has 0 aliphatic carbocycles. The Morgan fingerprint density at radius 2 is 2.33 bits per heavy atom. The first kappa shape index (κ1) is 7.17. The van der Waals surface area contributed by atoms with E-state index < -0.39 is 0 Å². The molecule has 0 radical (unpaired) electrons. The SMILES string of the molecule is Nc1nccc(-c2cncs2)n1. The van der Waals surface area contributed by atoms with Gasteiger partial charge in [-0.05, 0) is 6.07 Å². The molecule has 0 aromatic carbocycles. The molecule has 0 bridgehead atoms. The van der Waals surface area contributed by atoms with Crippen molar-refractivity contribution >= 4 is 17.3 Å². The summed E-state index contributed by atoms with van der Waals surface area (Å²) in [5.74, 6) is 0.293. The summed E-state index contributed by atoms with van der Waals surface area (Å²) >= 11 is 1.53. The number of nitrogens with two attached hydrogens (primary N) is 1. The number of hydrogen-bond donors (Lipinski definition) is 1. The summed E-state index contributed by atoms with van der Waals surface area (Å²) < 4.78 is 0. The maximum Gasteiger partial charge on any atom is 0.220 e. The van der Waals surface area contributed by atoms with Gasteiger partial charge in [0.2, 0.25) is 5.95 Å². The summed E-state index contributed by atoms with van der Waals surface area (Å²) in [6.07, 6.45) is 3.39. The quantitative estimate of drug-likeness (QED) is 0.712. The molecule has 60 valence electrons. The molecule has 0 aliphatic rings. The first-order valence-corrected chi connectivity index (χ1v) is 4.21. The van der Waals surface area contributed by atoms with Crippen molar-refractivity contribution in [2.75, 3.05) is 5.73 Å². The van der Waals surface area contributed by atoms with E-state index in [0.717, 1.165) is 10.6 Å². The van der Waals surface area contributed by atoms with Crippen molar-refractivity contribution in [2.45, 2.75) is 0 Å². The van der Waals surface area contributed by atoms with Crippen molar-refractivity contribution in [2.24, 2.45) is 0 Å². The minimum absolute atomic E-state index is 0.293. The standard InChI is InChI=1S/C7H6N4S/c8-7-10-2-1-5(11-7)6-3-9-4-12-6/h1-4H,(H2,8,10,11). The van der Waals surface area contributed by atoms with Crippen molar-refractivity contribution < 1.29 is 0 Å². The predicted molar refractivity (Wildman–Crippen MR) is 47.6 cm³/mol. The van der Waals surface area contributed by atoms with Gasteiger partial charge in [-0.25, -0.2) is 9.97 Å². The summed E-state index contributed by atoms with van der Waals surface area (Å²) in [6, 6.07) is 1.81. The molecule has 0 aliphatic heterocycles. The van der Waals surface area contributed by atoms with E-state index in [1.165, 1.54) is 11.3 Å². The first-order chi connectivity index (χ1) is 5.86. The molecule has 2 N–H and O–H groups in total. The average Bonchev–Trinajstić information content (AvgIpc) is 2.56. The van der Waals surface area contributed by atoms with Crippen LogP contribution in [-0.2, 0) is 0 Å². The largest absolute Gasteiger partial charge is 0.368 e. The Kier molecular flexibility index (Phi) is 1.71. The molecule has 2 rings (SSSR count). The third-order valence-corrected chi connectivity index (χ3v) is 2.15. The van der Waals surface area contributed by atoms with Crippen LogP contribution in [0.2, 0.25) is 0 Å². The smallest absolute Gasteiger partial charge is 0.220 e. The molecule has 0 spiro atoms. The Hall–Kier alpha value is -1.49. The second kappa shape index (κ2) is 2.86. The number of rotatable bonds is 1. The molecule has 0 fully saturated rings. The Morgan fingerprint density at radius 3 is 3.00 bits per heavy atom. The topological polar surface area (TPSA) is 64.7 Å². The summed E-state index contributed by atoms with van der Waals surface area (Å²) in [4.78, 5) is 12.8. The average molecular weight is 178 g/mol. The minimum atomic E-state index is 0.293. The second-order valence-corrected chi connectivity index (χ2v) is 3.05. The van der Waals surface area contributed by atoms with Gasteiger partial charge in [-0.15, -0.1) is 11.3 Å². The number of nitrogens with zero attached hydrogens (tertiary/aromatic N) is 3. The van der Waals surface area contributed by atoms with Gasteiger partial charge in [0.25, 0.3) is 0 Å². The van der Waals surface area contributed by atoms with Gasteiger partial charge >= 0.3 is 0 Å². The summed E-state index contributed by atoms with van der Waals surface area (Å²) in [7, 11) is 0. The molecule has 2 aromatic rings. The Morgan fingerprint density at radius 1 is 1.42 bits per heavy atom. The second-order valence-electron chi connectivity index (χ2n) is 2.17. The molecule has 2 aromatic heterocycles. The molecule has 12 heavy (non-hydrogen) atoms. The maximum absolute atomic E-state index is 5.43. The number of hydrogen-bond acceptors (Lipinski definition) is 5. The highest BCUT2D eigenvalue weighted by molar-refractivity contribution is 7.13. The fourth-order valence-corrected chi connectivity index (χ4v) is 1.44. The van der Waals surface area contributed by atoms with E-state index in [1.807, 2.05) is 6.07 Å². The lowest BCUT2D eigenvalue weighted by Crippen LogP contribution is -1.93. The molecule has 5 heteroatoms.